The van der Waals surface area contributed by atoms with Gasteiger partial charge in [-0.15, -0.1) is 12.4 Å². The lowest BCUT2D eigenvalue weighted by Gasteiger charge is -2.18. The van der Waals surface area contributed by atoms with E-state index in [1.807, 2.05) is 0 Å². The number of halogens is 4. The van der Waals surface area contributed by atoms with Gasteiger partial charge >= 0.3 is 6.18 Å². The highest BCUT2D eigenvalue weighted by molar-refractivity contribution is 7.92. The van der Waals surface area contributed by atoms with Crippen molar-refractivity contribution in [1.29, 1.82) is 0 Å². The van der Waals surface area contributed by atoms with Crippen LogP contribution in [0.15, 0.2) is 18.2 Å². The monoisotopic (exact) mass is 344 g/mol. The van der Waals surface area contributed by atoms with Crippen LogP contribution >= 0.6 is 12.4 Å². The first kappa shape index (κ1) is 18.1. The van der Waals surface area contributed by atoms with Crippen LogP contribution in [0.2, 0.25) is 0 Å². The lowest BCUT2D eigenvalue weighted by atomic mass is 10.0. The highest BCUT2D eigenvalue weighted by atomic mass is 35.5. The Balaban J connectivity index is 0.00000220. The predicted octanol–water partition coefficient (Wildman–Crippen LogP) is 2.45. The van der Waals surface area contributed by atoms with E-state index in [2.05, 4.69) is 10.0 Å². The van der Waals surface area contributed by atoms with Crippen LogP contribution in [0.1, 0.15) is 17.5 Å². The van der Waals surface area contributed by atoms with Crippen molar-refractivity contribution >= 4 is 28.1 Å². The number of rotatable bonds is 4. The van der Waals surface area contributed by atoms with Gasteiger partial charge in [-0.3, -0.25) is 4.72 Å². The van der Waals surface area contributed by atoms with Crippen molar-refractivity contribution in [3.05, 3.63) is 29.3 Å². The first-order valence-electron chi connectivity index (χ1n) is 6.15. The number of fused-ring (bicyclic) bond motifs is 1. The van der Waals surface area contributed by atoms with Gasteiger partial charge in [-0.05, 0) is 36.2 Å². The van der Waals surface area contributed by atoms with Crippen molar-refractivity contribution in [2.75, 3.05) is 17.0 Å². The molecule has 0 aromatic heterocycles. The molecular weight excluding hydrogens is 329 g/mol. The largest absolute Gasteiger partial charge is 0.390 e. The van der Waals surface area contributed by atoms with Crippen LogP contribution < -0.4 is 10.0 Å². The zero-order valence-corrected chi connectivity index (χ0v) is 12.7. The summed E-state index contributed by atoms with van der Waals surface area (Å²) in [6.45, 7) is 1.52. The molecule has 1 aromatic carbocycles. The number of hydrogen-bond donors (Lipinski definition) is 2. The molecule has 0 fully saturated rings. The van der Waals surface area contributed by atoms with Gasteiger partial charge in [-0.2, -0.15) is 13.2 Å². The second kappa shape index (κ2) is 6.85. The summed E-state index contributed by atoms with van der Waals surface area (Å²) in [7, 11) is -3.98. The zero-order valence-electron chi connectivity index (χ0n) is 11.0. The normalized spacial score (nSPS) is 15.0. The highest BCUT2D eigenvalue weighted by Gasteiger charge is 2.29. The second-order valence-electron chi connectivity index (χ2n) is 4.70. The van der Waals surface area contributed by atoms with Gasteiger partial charge in [-0.25, -0.2) is 8.42 Å². The molecule has 0 unspecified atom stereocenters. The molecule has 1 aliphatic rings. The molecule has 0 atom stereocenters. The Hall–Kier alpha value is -0.990. The number of sulfonamides is 1. The summed E-state index contributed by atoms with van der Waals surface area (Å²) in [6.07, 6.45) is -5.05. The van der Waals surface area contributed by atoms with Crippen LogP contribution in [0.5, 0.6) is 0 Å². The van der Waals surface area contributed by atoms with Gasteiger partial charge in [0, 0.05) is 12.2 Å². The quantitative estimate of drug-likeness (QED) is 0.882. The zero-order chi connectivity index (χ0) is 14.8. The maximum atomic E-state index is 12.1. The smallest absolute Gasteiger partial charge is 0.312 e. The minimum Gasteiger partial charge on any atom is -0.312 e. The van der Waals surface area contributed by atoms with Crippen LogP contribution in [-0.4, -0.2) is 26.9 Å². The van der Waals surface area contributed by atoms with Crippen molar-refractivity contribution < 1.29 is 21.6 Å². The molecule has 21 heavy (non-hydrogen) atoms. The van der Waals surface area contributed by atoms with Crippen LogP contribution in [-0.2, 0) is 23.0 Å². The molecule has 9 heteroatoms. The molecule has 2 N–H and O–H groups in total. The van der Waals surface area contributed by atoms with E-state index in [1.54, 1.807) is 18.2 Å². The summed E-state index contributed by atoms with van der Waals surface area (Å²) in [5, 5.41) is 3.18. The maximum Gasteiger partial charge on any atom is 0.390 e. The van der Waals surface area contributed by atoms with Gasteiger partial charge in [0.25, 0.3) is 0 Å². The fourth-order valence-corrected chi connectivity index (χ4v) is 3.11. The summed E-state index contributed by atoms with van der Waals surface area (Å²) >= 11 is 0. The van der Waals surface area contributed by atoms with E-state index in [1.165, 1.54) is 0 Å². The molecule has 120 valence electrons. The number of hydrogen-bond acceptors (Lipinski definition) is 3. The molecule has 0 radical (unpaired) electrons. The lowest BCUT2D eigenvalue weighted by molar-refractivity contribution is -0.129. The van der Waals surface area contributed by atoms with E-state index in [0.717, 1.165) is 30.6 Å². The van der Waals surface area contributed by atoms with Crippen LogP contribution in [0.3, 0.4) is 0 Å². The Kier molecular flexibility index (Phi) is 5.89. The van der Waals surface area contributed by atoms with Gasteiger partial charge in [0.05, 0.1) is 12.2 Å². The molecule has 4 nitrogen and oxygen atoms in total. The standard InChI is InChI=1S/C12H15F3N2O2S.ClH/c13-12(14,15)4-6-20(18,19)17-11-2-1-10-8-16-5-3-9(10)7-11;/h1-2,7,16-17H,3-6,8H2;1H. The van der Waals surface area contributed by atoms with E-state index < -0.39 is 28.4 Å². The van der Waals surface area contributed by atoms with Gasteiger partial charge < -0.3 is 5.32 Å². The summed E-state index contributed by atoms with van der Waals surface area (Å²) < 4.78 is 61.5. The molecule has 0 saturated heterocycles. The van der Waals surface area contributed by atoms with Crippen molar-refractivity contribution in [1.82, 2.24) is 5.32 Å². The molecule has 0 amide bonds. The summed E-state index contributed by atoms with van der Waals surface area (Å²) in [5.74, 6) is -0.963. The fraction of sp³-hybridized carbons (Fsp3) is 0.500. The molecule has 2 rings (SSSR count). The molecule has 0 saturated carbocycles. The van der Waals surface area contributed by atoms with Crippen LogP contribution in [0, 0.1) is 0 Å². The molecular formula is C12H16ClF3N2O2S. The average molecular weight is 345 g/mol. The second-order valence-corrected chi connectivity index (χ2v) is 6.54. The number of nitrogens with one attached hydrogen (secondary N) is 2. The Bertz CT molecular complexity index is 591. The number of anilines is 1. The minimum absolute atomic E-state index is 0. The number of alkyl halides is 3. The average Bonchev–Trinajstić information content (AvgIpc) is 2.35. The Morgan fingerprint density at radius 3 is 2.62 bits per heavy atom. The predicted molar refractivity (Wildman–Crippen MR) is 77.2 cm³/mol. The third-order valence-electron chi connectivity index (χ3n) is 3.02. The van der Waals surface area contributed by atoms with Crippen LogP contribution in [0.25, 0.3) is 0 Å². The molecule has 0 aliphatic carbocycles. The third kappa shape index (κ3) is 5.72. The SMILES string of the molecule is Cl.O=S(=O)(CCC(F)(F)F)Nc1ccc2c(c1)CCNC2. The van der Waals surface area contributed by atoms with E-state index in [4.69, 9.17) is 0 Å². The maximum absolute atomic E-state index is 12.1. The van der Waals surface area contributed by atoms with E-state index >= 15 is 0 Å². The van der Waals surface area contributed by atoms with E-state index in [0.29, 0.717) is 5.69 Å². The Morgan fingerprint density at radius 1 is 1.24 bits per heavy atom. The van der Waals surface area contributed by atoms with Crippen molar-refractivity contribution in [3.63, 3.8) is 0 Å². The van der Waals surface area contributed by atoms with Crippen molar-refractivity contribution in [2.24, 2.45) is 0 Å². The first-order chi connectivity index (χ1) is 9.25. The van der Waals surface area contributed by atoms with Gasteiger partial charge in [-0.1, -0.05) is 6.07 Å². The highest BCUT2D eigenvalue weighted by Crippen LogP contribution is 2.22. The third-order valence-corrected chi connectivity index (χ3v) is 4.31. The minimum atomic E-state index is -4.48. The molecule has 1 heterocycles. The van der Waals surface area contributed by atoms with Gasteiger partial charge in [0.2, 0.25) is 10.0 Å². The first-order valence-corrected chi connectivity index (χ1v) is 7.80. The van der Waals surface area contributed by atoms with Gasteiger partial charge in [0.1, 0.15) is 0 Å². The Morgan fingerprint density at radius 2 is 1.95 bits per heavy atom. The molecule has 1 aromatic rings. The molecule has 0 bridgehead atoms. The van der Waals surface area contributed by atoms with Crippen LogP contribution in [0.4, 0.5) is 18.9 Å². The fourth-order valence-electron chi connectivity index (χ4n) is 2.02. The number of benzene rings is 1. The summed E-state index contributed by atoms with van der Waals surface area (Å²) in [4.78, 5) is 0. The molecule has 1 aliphatic heterocycles. The van der Waals surface area contributed by atoms with Crippen molar-refractivity contribution in [3.8, 4) is 0 Å². The van der Waals surface area contributed by atoms with Crippen molar-refractivity contribution in [2.45, 2.75) is 25.6 Å². The van der Waals surface area contributed by atoms with E-state index in [9.17, 15) is 21.6 Å². The van der Waals surface area contributed by atoms with Gasteiger partial charge in [0.15, 0.2) is 0 Å². The Labute approximate surface area is 127 Å². The van der Waals surface area contributed by atoms with E-state index in [-0.39, 0.29) is 12.4 Å². The summed E-state index contributed by atoms with van der Waals surface area (Å²) in [5.41, 5.74) is 2.40. The lowest BCUT2D eigenvalue weighted by Crippen LogP contribution is -2.24. The summed E-state index contributed by atoms with van der Waals surface area (Å²) in [6, 6.07) is 5.03. The molecule has 0 spiro atoms. The topological polar surface area (TPSA) is 58.2 Å².